The van der Waals surface area contributed by atoms with Gasteiger partial charge in [0.25, 0.3) is 5.91 Å². The molecular weight excluding hydrogens is 380 g/mol. The summed E-state index contributed by atoms with van der Waals surface area (Å²) in [5, 5.41) is 2.92. The van der Waals surface area contributed by atoms with Crippen molar-refractivity contribution in [2.75, 3.05) is 0 Å². The van der Waals surface area contributed by atoms with Crippen LogP contribution in [0.1, 0.15) is 40.0 Å². The zero-order valence-corrected chi connectivity index (χ0v) is 14.4. The average Bonchev–Trinajstić information content (AvgIpc) is 2.44. The number of aryl methyl sites for hydroxylation is 2. The van der Waals surface area contributed by atoms with Gasteiger partial charge in [0.1, 0.15) is 5.82 Å². The largest absolute Gasteiger partial charge is 0.345 e. The molecule has 0 bridgehead atoms. The third kappa shape index (κ3) is 3.61. The quantitative estimate of drug-likeness (QED) is 0.758. The van der Waals surface area contributed by atoms with E-state index in [1.807, 2.05) is 32.0 Å². The Hall–Kier alpha value is -1.43. The van der Waals surface area contributed by atoms with E-state index in [4.69, 9.17) is 0 Å². The first-order valence-electron chi connectivity index (χ1n) is 6.72. The molecule has 0 aromatic heterocycles. The van der Waals surface area contributed by atoms with Crippen molar-refractivity contribution >= 4 is 28.5 Å². The van der Waals surface area contributed by atoms with Gasteiger partial charge in [-0.05, 0) is 72.2 Å². The zero-order valence-electron chi connectivity index (χ0n) is 12.2. The van der Waals surface area contributed by atoms with Crippen molar-refractivity contribution in [1.29, 1.82) is 0 Å². The highest BCUT2D eigenvalue weighted by molar-refractivity contribution is 14.1. The van der Waals surface area contributed by atoms with Crippen LogP contribution < -0.4 is 5.32 Å². The number of hydrogen-bond acceptors (Lipinski definition) is 1. The minimum atomic E-state index is -0.251. The molecule has 1 unspecified atom stereocenters. The van der Waals surface area contributed by atoms with Gasteiger partial charge in [-0.1, -0.05) is 24.3 Å². The second-order valence-electron chi connectivity index (χ2n) is 5.14. The minimum absolute atomic E-state index is 0.142. The van der Waals surface area contributed by atoms with Gasteiger partial charge < -0.3 is 5.32 Å². The van der Waals surface area contributed by atoms with Gasteiger partial charge in [-0.25, -0.2) is 4.39 Å². The molecule has 0 aliphatic rings. The van der Waals surface area contributed by atoms with E-state index < -0.39 is 0 Å². The Kier molecular flexibility index (Phi) is 4.98. The SMILES string of the molecule is Cc1ccc(C(C)NC(=O)c2cccc(C)c2I)cc1F. The molecule has 1 atom stereocenters. The second-order valence-corrected chi connectivity index (χ2v) is 6.22. The number of halogens is 2. The van der Waals surface area contributed by atoms with Crippen molar-refractivity contribution in [3.63, 3.8) is 0 Å². The summed E-state index contributed by atoms with van der Waals surface area (Å²) >= 11 is 2.17. The van der Waals surface area contributed by atoms with Crippen LogP contribution in [0, 0.1) is 23.2 Å². The van der Waals surface area contributed by atoms with E-state index in [9.17, 15) is 9.18 Å². The average molecular weight is 397 g/mol. The Labute approximate surface area is 137 Å². The fourth-order valence-corrected chi connectivity index (χ4v) is 2.66. The van der Waals surface area contributed by atoms with Crippen LogP contribution >= 0.6 is 22.6 Å². The van der Waals surface area contributed by atoms with E-state index in [1.54, 1.807) is 19.1 Å². The Morgan fingerprint density at radius 3 is 2.57 bits per heavy atom. The number of benzene rings is 2. The summed E-state index contributed by atoms with van der Waals surface area (Å²) in [7, 11) is 0. The predicted octanol–water partition coefficient (Wildman–Crippen LogP) is 4.54. The van der Waals surface area contributed by atoms with Crippen LogP contribution in [0.3, 0.4) is 0 Å². The van der Waals surface area contributed by atoms with Gasteiger partial charge in [0.2, 0.25) is 0 Å². The molecular formula is C17H17FINO. The lowest BCUT2D eigenvalue weighted by atomic mass is 10.1. The highest BCUT2D eigenvalue weighted by Gasteiger charge is 2.15. The van der Waals surface area contributed by atoms with Crippen LogP contribution in [0.25, 0.3) is 0 Å². The van der Waals surface area contributed by atoms with Crippen LogP contribution in [-0.4, -0.2) is 5.91 Å². The summed E-state index contributed by atoms with van der Waals surface area (Å²) in [4.78, 5) is 12.3. The molecule has 2 aromatic carbocycles. The van der Waals surface area contributed by atoms with Gasteiger partial charge in [-0.2, -0.15) is 0 Å². The Morgan fingerprint density at radius 1 is 1.19 bits per heavy atom. The predicted molar refractivity (Wildman–Crippen MR) is 90.9 cm³/mol. The topological polar surface area (TPSA) is 29.1 Å². The van der Waals surface area contributed by atoms with E-state index in [2.05, 4.69) is 27.9 Å². The fraction of sp³-hybridized carbons (Fsp3) is 0.235. The number of carbonyl (C=O) groups is 1. The van der Waals surface area contributed by atoms with E-state index >= 15 is 0 Å². The third-order valence-corrected chi connectivity index (χ3v) is 4.91. The van der Waals surface area contributed by atoms with Crippen LogP contribution in [0.4, 0.5) is 4.39 Å². The van der Waals surface area contributed by atoms with Gasteiger partial charge >= 0.3 is 0 Å². The zero-order chi connectivity index (χ0) is 15.6. The molecule has 21 heavy (non-hydrogen) atoms. The van der Waals surface area contributed by atoms with Crippen molar-refractivity contribution in [2.24, 2.45) is 0 Å². The summed E-state index contributed by atoms with van der Waals surface area (Å²) in [5.74, 6) is -0.393. The minimum Gasteiger partial charge on any atom is -0.345 e. The molecule has 2 aromatic rings. The lowest BCUT2D eigenvalue weighted by Crippen LogP contribution is -2.27. The van der Waals surface area contributed by atoms with Gasteiger partial charge in [0.15, 0.2) is 0 Å². The molecule has 1 N–H and O–H groups in total. The molecule has 0 aliphatic carbocycles. The van der Waals surface area contributed by atoms with Gasteiger partial charge in [0.05, 0.1) is 11.6 Å². The standard InChI is InChI=1S/C17H17FINO/c1-10-7-8-13(9-15(10)18)12(3)20-17(21)14-6-4-5-11(2)16(14)19/h4-9,12H,1-3H3,(H,20,21). The highest BCUT2D eigenvalue weighted by Crippen LogP contribution is 2.20. The first-order chi connectivity index (χ1) is 9.90. The molecule has 0 spiro atoms. The summed E-state index contributed by atoms with van der Waals surface area (Å²) in [6.07, 6.45) is 0. The first-order valence-corrected chi connectivity index (χ1v) is 7.80. The summed E-state index contributed by atoms with van der Waals surface area (Å²) in [5.41, 5.74) is 3.08. The Morgan fingerprint density at radius 2 is 1.90 bits per heavy atom. The van der Waals surface area contributed by atoms with Gasteiger partial charge in [-0.15, -0.1) is 0 Å². The Bertz CT molecular complexity index is 684. The lowest BCUT2D eigenvalue weighted by Gasteiger charge is -2.16. The molecule has 0 aliphatic heterocycles. The van der Waals surface area contributed by atoms with Crippen LogP contribution in [-0.2, 0) is 0 Å². The fourth-order valence-electron chi connectivity index (χ4n) is 2.06. The molecule has 0 fully saturated rings. The van der Waals surface area contributed by atoms with Crippen molar-refractivity contribution in [1.82, 2.24) is 5.32 Å². The first kappa shape index (κ1) is 15.9. The smallest absolute Gasteiger partial charge is 0.252 e. The monoisotopic (exact) mass is 397 g/mol. The van der Waals surface area contributed by atoms with Crippen LogP contribution in [0.15, 0.2) is 36.4 Å². The highest BCUT2D eigenvalue weighted by atomic mass is 127. The maximum atomic E-state index is 13.6. The number of amides is 1. The van der Waals surface area contributed by atoms with E-state index in [0.29, 0.717) is 11.1 Å². The normalized spacial score (nSPS) is 12.0. The number of rotatable bonds is 3. The summed E-state index contributed by atoms with van der Waals surface area (Å²) < 4.78 is 14.5. The molecule has 0 radical (unpaired) electrons. The molecule has 4 heteroatoms. The number of hydrogen-bond donors (Lipinski definition) is 1. The van der Waals surface area contributed by atoms with Crippen molar-refractivity contribution in [3.8, 4) is 0 Å². The molecule has 0 saturated carbocycles. The molecule has 0 heterocycles. The summed E-state index contributed by atoms with van der Waals surface area (Å²) in [6.45, 7) is 5.54. The Balaban J connectivity index is 2.18. The summed E-state index contributed by atoms with van der Waals surface area (Å²) in [6, 6.07) is 10.4. The number of carbonyl (C=O) groups excluding carboxylic acids is 1. The van der Waals surface area contributed by atoms with Crippen LogP contribution in [0.2, 0.25) is 0 Å². The van der Waals surface area contributed by atoms with E-state index in [1.165, 1.54) is 6.07 Å². The molecule has 2 nitrogen and oxygen atoms in total. The van der Waals surface area contributed by atoms with Gasteiger partial charge in [-0.3, -0.25) is 4.79 Å². The molecule has 2 rings (SSSR count). The van der Waals surface area contributed by atoms with Crippen molar-refractivity contribution < 1.29 is 9.18 Å². The molecule has 0 saturated heterocycles. The van der Waals surface area contributed by atoms with Crippen molar-refractivity contribution in [2.45, 2.75) is 26.8 Å². The van der Waals surface area contributed by atoms with E-state index in [0.717, 1.165) is 14.7 Å². The van der Waals surface area contributed by atoms with Crippen LogP contribution in [0.5, 0.6) is 0 Å². The molecule has 1 amide bonds. The second kappa shape index (κ2) is 6.56. The van der Waals surface area contributed by atoms with E-state index in [-0.39, 0.29) is 17.8 Å². The maximum absolute atomic E-state index is 13.6. The molecule has 110 valence electrons. The maximum Gasteiger partial charge on any atom is 0.252 e. The number of nitrogens with one attached hydrogen (secondary N) is 1. The van der Waals surface area contributed by atoms with Crippen molar-refractivity contribution in [3.05, 3.63) is 68.0 Å². The lowest BCUT2D eigenvalue weighted by molar-refractivity contribution is 0.0939. The van der Waals surface area contributed by atoms with Gasteiger partial charge in [0, 0.05) is 3.57 Å². The third-order valence-electron chi connectivity index (χ3n) is 3.48.